The van der Waals surface area contributed by atoms with E-state index in [-0.39, 0.29) is 0 Å². The van der Waals surface area contributed by atoms with Crippen LogP contribution >= 0.6 is 0 Å². The molecule has 4 nitrogen and oxygen atoms in total. The van der Waals surface area contributed by atoms with Gasteiger partial charge in [-0.05, 0) is 13.8 Å². The summed E-state index contributed by atoms with van der Waals surface area (Å²) in [7, 11) is 0. The summed E-state index contributed by atoms with van der Waals surface area (Å²) in [6.45, 7) is 10.6. The van der Waals surface area contributed by atoms with E-state index in [2.05, 4.69) is 29.4 Å². The number of ether oxygens (including phenoxy) is 1. The van der Waals surface area contributed by atoms with Gasteiger partial charge >= 0.3 is 0 Å². The van der Waals surface area contributed by atoms with Gasteiger partial charge in [0.25, 0.3) is 0 Å². The number of piperazine rings is 1. The largest absolute Gasteiger partial charge is 0.379 e. The average Bonchev–Trinajstić information content (AvgIpc) is 2.25. The molecule has 4 heteroatoms. The van der Waals surface area contributed by atoms with Crippen molar-refractivity contribution in [1.82, 2.24) is 15.5 Å². The van der Waals surface area contributed by atoms with Gasteiger partial charge in [0.05, 0.1) is 13.2 Å². The van der Waals surface area contributed by atoms with Gasteiger partial charge in [0, 0.05) is 44.3 Å². The van der Waals surface area contributed by atoms with Crippen LogP contribution in [0.1, 0.15) is 13.8 Å². The van der Waals surface area contributed by atoms with Crippen LogP contribution in [0.5, 0.6) is 0 Å². The van der Waals surface area contributed by atoms with Crippen molar-refractivity contribution in [3.05, 3.63) is 0 Å². The van der Waals surface area contributed by atoms with Crippen molar-refractivity contribution in [1.29, 1.82) is 0 Å². The summed E-state index contributed by atoms with van der Waals surface area (Å²) in [5.74, 6) is 0. The standard InChI is InChI=1S/C11H23N3O/c1-9-5-13-11(6-12-9)7-14-3-4-15-8-10(14)2/h9-13H,3-8H2,1-2H3. The maximum atomic E-state index is 5.44. The molecule has 3 unspecified atom stereocenters. The molecule has 3 atom stereocenters. The predicted octanol–water partition coefficient (Wildman–Crippen LogP) is -0.343. The van der Waals surface area contributed by atoms with E-state index >= 15 is 0 Å². The van der Waals surface area contributed by atoms with Crippen molar-refractivity contribution < 1.29 is 4.74 Å². The Morgan fingerprint density at radius 2 is 2.13 bits per heavy atom. The summed E-state index contributed by atoms with van der Waals surface area (Å²) in [6, 6.07) is 1.78. The summed E-state index contributed by atoms with van der Waals surface area (Å²) < 4.78 is 5.44. The van der Waals surface area contributed by atoms with E-state index in [9.17, 15) is 0 Å². The second-order valence-electron chi connectivity index (χ2n) is 4.83. The fourth-order valence-electron chi connectivity index (χ4n) is 2.28. The van der Waals surface area contributed by atoms with Crippen LogP contribution in [0.2, 0.25) is 0 Å². The van der Waals surface area contributed by atoms with Crippen molar-refractivity contribution in [3.63, 3.8) is 0 Å². The Balaban J connectivity index is 1.75. The van der Waals surface area contributed by atoms with E-state index in [0.717, 1.165) is 39.4 Å². The Hall–Kier alpha value is -0.160. The molecule has 2 saturated heterocycles. The van der Waals surface area contributed by atoms with Crippen molar-refractivity contribution in [2.24, 2.45) is 0 Å². The fraction of sp³-hybridized carbons (Fsp3) is 1.00. The second-order valence-corrected chi connectivity index (χ2v) is 4.83. The molecule has 2 heterocycles. The Labute approximate surface area is 92.4 Å². The molecule has 0 saturated carbocycles. The number of nitrogens with zero attached hydrogens (tertiary/aromatic N) is 1. The third-order valence-corrected chi connectivity index (χ3v) is 3.39. The SMILES string of the molecule is CC1CNC(CN2CCOCC2C)CN1. The van der Waals surface area contributed by atoms with Crippen molar-refractivity contribution >= 4 is 0 Å². The highest BCUT2D eigenvalue weighted by Gasteiger charge is 2.24. The summed E-state index contributed by atoms with van der Waals surface area (Å²) in [5, 5.41) is 7.11. The molecular weight excluding hydrogens is 190 g/mol. The lowest BCUT2D eigenvalue weighted by Crippen LogP contribution is -2.59. The van der Waals surface area contributed by atoms with Crippen LogP contribution in [-0.2, 0) is 4.74 Å². The van der Waals surface area contributed by atoms with Crippen LogP contribution in [0, 0.1) is 0 Å². The van der Waals surface area contributed by atoms with Crippen LogP contribution in [0.3, 0.4) is 0 Å². The van der Waals surface area contributed by atoms with Gasteiger partial charge in [0.15, 0.2) is 0 Å². The van der Waals surface area contributed by atoms with Gasteiger partial charge < -0.3 is 15.4 Å². The summed E-state index contributed by atoms with van der Waals surface area (Å²) in [6.07, 6.45) is 0. The van der Waals surface area contributed by atoms with Gasteiger partial charge in [0.1, 0.15) is 0 Å². The van der Waals surface area contributed by atoms with E-state index in [4.69, 9.17) is 4.74 Å². The summed E-state index contributed by atoms with van der Waals surface area (Å²) >= 11 is 0. The number of morpholine rings is 1. The molecule has 2 fully saturated rings. The Morgan fingerprint density at radius 1 is 1.27 bits per heavy atom. The van der Waals surface area contributed by atoms with Gasteiger partial charge in [-0.1, -0.05) is 0 Å². The molecule has 2 rings (SSSR count). The lowest BCUT2D eigenvalue weighted by atomic mass is 10.1. The minimum atomic E-state index is 0.569. The van der Waals surface area contributed by atoms with Gasteiger partial charge in [-0.2, -0.15) is 0 Å². The fourth-order valence-corrected chi connectivity index (χ4v) is 2.28. The molecule has 88 valence electrons. The first kappa shape index (κ1) is 11.3. The molecule has 0 amide bonds. The first-order valence-electron chi connectivity index (χ1n) is 6.04. The van der Waals surface area contributed by atoms with E-state index in [0.29, 0.717) is 18.1 Å². The normalized spacial score (nSPS) is 39.2. The molecule has 2 aliphatic rings. The Kier molecular flexibility index (Phi) is 3.97. The zero-order valence-electron chi connectivity index (χ0n) is 9.83. The molecule has 15 heavy (non-hydrogen) atoms. The average molecular weight is 213 g/mol. The molecule has 0 aromatic heterocycles. The third kappa shape index (κ3) is 3.14. The molecule has 2 aliphatic heterocycles. The number of rotatable bonds is 2. The molecule has 0 spiro atoms. The lowest BCUT2D eigenvalue weighted by Gasteiger charge is -2.38. The van der Waals surface area contributed by atoms with E-state index in [1.54, 1.807) is 0 Å². The predicted molar refractivity (Wildman–Crippen MR) is 61.1 cm³/mol. The highest BCUT2D eigenvalue weighted by molar-refractivity contribution is 4.84. The first-order valence-corrected chi connectivity index (χ1v) is 6.04. The van der Waals surface area contributed by atoms with E-state index < -0.39 is 0 Å². The molecule has 2 N–H and O–H groups in total. The van der Waals surface area contributed by atoms with Crippen LogP contribution in [0.25, 0.3) is 0 Å². The topological polar surface area (TPSA) is 36.5 Å². The van der Waals surface area contributed by atoms with Crippen LogP contribution < -0.4 is 10.6 Å². The summed E-state index contributed by atoms with van der Waals surface area (Å²) in [5.41, 5.74) is 0. The zero-order valence-corrected chi connectivity index (χ0v) is 9.83. The molecule has 0 bridgehead atoms. The third-order valence-electron chi connectivity index (χ3n) is 3.39. The van der Waals surface area contributed by atoms with Crippen molar-refractivity contribution in [2.45, 2.75) is 32.0 Å². The van der Waals surface area contributed by atoms with Crippen LogP contribution in [0.4, 0.5) is 0 Å². The Morgan fingerprint density at radius 3 is 2.80 bits per heavy atom. The molecule has 0 aliphatic carbocycles. The lowest BCUT2D eigenvalue weighted by molar-refractivity contribution is -0.00528. The smallest absolute Gasteiger partial charge is 0.0619 e. The monoisotopic (exact) mass is 213 g/mol. The quantitative estimate of drug-likeness (QED) is 0.658. The number of hydrogen-bond acceptors (Lipinski definition) is 4. The highest BCUT2D eigenvalue weighted by Crippen LogP contribution is 2.07. The van der Waals surface area contributed by atoms with Gasteiger partial charge in [0.2, 0.25) is 0 Å². The number of hydrogen-bond donors (Lipinski definition) is 2. The van der Waals surface area contributed by atoms with Crippen molar-refractivity contribution in [3.8, 4) is 0 Å². The summed E-state index contributed by atoms with van der Waals surface area (Å²) in [4.78, 5) is 2.53. The van der Waals surface area contributed by atoms with E-state index in [1.165, 1.54) is 0 Å². The van der Waals surface area contributed by atoms with Crippen LogP contribution in [0.15, 0.2) is 0 Å². The minimum Gasteiger partial charge on any atom is -0.379 e. The van der Waals surface area contributed by atoms with Gasteiger partial charge in [-0.15, -0.1) is 0 Å². The highest BCUT2D eigenvalue weighted by atomic mass is 16.5. The van der Waals surface area contributed by atoms with Crippen LogP contribution in [-0.4, -0.2) is 62.4 Å². The molecule has 0 radical (unpaired) electrons. The second kappa shape index (κ2) is 5.25. The number of nitrogens with one attached hydrogen (secondary N) is 2. The minimum absolute atomic E-state index is 0.569. The first-order chi connectivity index (χ1) is 7.25. The van der Waals surface area contributed by atoms with Gasteiger partial charge in [-0.3, -0.25) is 4.90 Å². The molecular formula is C11H23N3O. The maximum Gasteiger partial charge on any atom is 0.0619 e. The zero-order chi connectivity index (χ0) is 10.7. The molecule has 0 aromatic rings. The van der Waals surface area contributed by atoms with Crippen molar-refractivity contribution in [2.75, 3.05) is 39.4 Å². The maximum absolute atomic E-state index is 5.44. The Bertz CT molecular complexity index is 192. The van der Waals surface area contributed by atoms with E-state index in [1.807, 2.05) is 0 Å². The molecule has 0 aromatic carbocycles. The van der Waals surface area contributed by atoms with Gasteiger partial charge in [-0.25, -0.2) is 0 Å².